The molecule has 0 saturated heterocycles. The number of H-pyrrole nitrogens is 2. The molecule has 2 N–H and O–H groups in total. The van der Waals surface area contributed by atoms with Gasteiger partial charge in [0, 0.05) is 11.2 Å². The predicted octanol–water partition coefficient (Wildman–Crippen LogP) is 0.995. The summed E-state index contributed by atoms with van der Waals surface area (Å²) in [6.45, 7) is 0. The van der Waals surface area contributed by atoms with Gasteiger partial charge in [-0.15, -0.1) is 0 Å². The van der Waals surface area contributed by atoms with Crippen LogP contribution in [0.4, 0.5) is 0 Å². The average molecular weight is 251 g/mol. The second kappa shape index (κ2) is 3.73. The SMILES string of the molecule is O=c1[nH]cc(C(Cl)=CBr)c(=O)[nH]1. The summed E-state index contributed by atoms with van der Waals surface area (Å²) in [4.78, 5) is 27.3. The normalized spacial score (nSPS) is 11.7. The first-order valence-electron chi connectivity index (χ1n) is 2.93. The van der Waals surface area contributed by atoms with Crippen LogP contribution in [0, 0.1) is 0 Å². The summed E-state index contributed by atoms with van der Waals surface area (Å²) in [5.74, 6) is 0. The van der Waals surface area contributed by atoms with Crippen molar-refractivity contribution in [3.63, 3.8) is 0 Å². The lowest BCUT2D eigenvalue weighted by molar-refractivity contribution is 1.03. The Labute approximate surface area is 80.4 Å². The number of aromatic amines is 2. The molecule has 0 fully saturated rings. The molecule has 12 heavy (non-hydrogen) atoms. The Morgan fingerprint density at radius 2 is 2.25 bits per heavy atom. The molecule has 0 amide bonds. The van der Waals surface area contributed by atoms with E-state index in [1.165, 1.54) is 11.2 Å². The fourth-order valence-corrected chi connectivity index (χ4v) is 1.03. The Morgan fingerprint density at radius 1 is 1.58 bits per heavy atom. The maximum atomic E-state index is 11.0. The number of hydrogen-bond donors (Lipinski definition) is 2. The van der Waals surface area contributed by atoms with Crippen LogP contribution in [0.25, 0.3) is 5.03 Å². The van der Waals surface area contributed by atoms with Gasteiger partial charge in [0.15, 0.2) is 0 Å². The Morgan fingerprint density at radius 3 is 2.75 bits per heavy atom. The van der Waals surface area contributed by atoms with Crippen molar-refractivity contribution < 1.29 is 0 Å². The first-order valence-corrected chi connectivity index (χ1v) is 4.23. The third kappa shape index (κ3) is 1.86. The van der Waals surface area contributed by atoms with Gasteiger partial charge in [-0.05, 0) is 0 Å². The molecule has 0 spiro atoms. The van der Waals surface area contributed by atoms with E-state index in [1.807, 2.05) is 4.98 Å². The molecule has 0 aliphatic heterocycles. The third-order valence-electron chi connectivity index (χ3n) is 1.17. The van der Waals surface area contributed by atoms with Crippen LogP contribution in [-0.4, -0.2) is 9.97 Å². The summed E-state index contributed by atoms with van der Waals surface area (Å²) in [7, 11) is 0. The van der Waals surface area contributed by atoms with Gasteiger partial charge in [0.05, 0.1) is 10.6 Å². The van der Waals surface area contributed by atoms with Crippen molar-refractivity contribution in [1.29, 1.82) is 0 Å². The third-order valence-corrected chi connectivity index (χ3v) is 2.21. The Balaban J connectivity index is 3.38. The minimum atomic E-state index is -0.553. The van der Waals surface area contributed by atoms with Crippen molar-refractivity contribution in [2.75, 3.05) is 0 Å². The fourth-order valence-electron chi connectivity index (χ4n) is 0.646. The number of hydrogen-bond acceptors (Lipinski definition) is 2. The molecule has 0 aromatic carbocycles. The van der Waals surface area contributed by atoms with Gasteiger partial charge in [0.2, 0.25) is 0 Å². The molecule has 0 radical (unpaired) electrons. The highest BCUT2D eigenvalue weighted by molar-refractivity contribution is 9.11. The first-order chi connectivity index (χ1) is 5.65. The minimum Gasteiger partial charge on any atom is -0.313 e. The van der Waals surface area contributed by atoms with Crippen molar-refractivity contribution in [3.8, 4) is 0 Å². The second-order valence-electron chi connectivity index (χ2n) is 1.94. The molecule has 0 aliphatic rings. The molecule has 0 aliphatic carbocycles. The van der Waals surface area contributed by atoms with E-state index in [0.29, 0.717) is 0 Å². The average Bonchev–Trinajstić information content (AvgIpc) is 2.03. The highest BCUT2D eigenvalue weighted by Gasteiger charge is 2.02. The summed E-state index contributed by atoms with van der Waals surface area (Å²) in [6.07, 6.45) is 1.25. The smallest absolute Gasteiger partial charge is 0.313 e. The largest absolute Gasteiger partial charge is 0.325 e. The van der Waals surface area contributed by atoms with Gasteiger partial charge in [-0.1, -0.05) is 27.5 Å². The molecule has 1 aromatic heterocycles. The Hall–Kier alpha value is -0.810. The van der Waals surface area contributed by atoms with Crippen LogP contribution in [0.15, 0.2) is 20.8 Å². The standard InChI is InChI=1S/C6H4BrClN2O2/c7-1-4(8)3-2-9-6(12)10-5(3)11/h1-2H,(H2,9,10,11,12). The molecule has 1 aromatic rings. The van der Waals surface area contributed by atoms with Gasteiger partial charge < -0.3 is 4.98 Å². The van der Waals surface area contributed by atoms with Gasteiger partial charge in [0.25, 0.3) is 5.56 Å². The minimum absolute atomic E-state index is 0.216. The lowest BCUT2D eigenvalue weighted by Crippen LogP contribution is -2.23. The summed E-state index contributed by atoms with van der Waals surface area (Å²) in [6, 6.07) is 0. The van der Waals surface area contributed by atoms with Gasteiger partial charge in [-0.3, -0.25) is 9.78 Å². The maximum Gasteiger partial charge on any atom is 0.325 e. The zero-order valence-corrected chi connectivity index (χ0v) is 8.07. The van der Waals surface area contributed by atoms with E-state index >= 15 is 0 Å². The van der Waals surface area contributed by atoms with E-state index in [1.54, 1.807) is 0 Å². The van der Waals surface area contributed by atoms with Crippen LogP contribution in [-0.2, 0) is 0 Å². The van der Waals surface area contributed by atoms with Crippen molar-refractivity contribution in [3.05, 3.63) is 37.6 Å². The van der Waals surface area contributed by atoms with E-state index in [-0.39, 0.29) is 10.6 Å². The highest BCUT2D eigenvalue weighted by atomic mass is 79.9. The van der Waals surface area contributed by atoms with Crippen LogP contribution in [0.5, 0.6) is 0 Å². The maximum absolute atomic E-state index is 11.0. The first kappa shape index (κ1) is 9.28. The van der Waals surface area contributed by atoms with Crippen molar-refractivity contribution in [1.82, 2.24) is 9.97 Å². The second-order valence-corrected chi connectivity index (χ2v) is 2.81. The molecular weight excluding hydrogens is 247 g/mol. The molecule has 1 heterocycles. The number of halogens is 2. The van der Waals surface area contributed by atoms with Crippen molar-refractivity contribution >= 4 is 32.6 Å². The van der Waals surface area contributed by atoms with E-state index in [9.17, 15) is 9.59 Å². The van der Waals surface area contributed by atoms with Crippen LogP contribution >= 0.6 is 27.5 Å². The van der Waals surface area contributed by atoms with Crippen LogP contribution in [0.2, 0.25) is 0 Å². The Kier molecular flexibility index (Phi) is 2.88. The highest BCUT2D eigenvalue weighted by Crippen LogP contribution is 2.14. The number of rotatable bonds is 1. The topological polar surface area (TPSA) is 65.7 Å². The quantitative estimate of drug-likeness (QED) is 0.782. The van der Waals surface area contributed by atoms with Crippen molar-refractivity contribution in [2.45, 2.75) is 0 Å². The van der Waals surface area contributed by atoms with Crippen LogP contribution < -0.4 is 11.2 Å². The molecular formula is C6H4BrClN2O2. The molecule has 1 rings (SSSR count). The van der Waals surface area contributed by atoms with Gasteiger partial charge in [0.1, 0.15) is 0 Å². The van der Waals surface area contributed by atoms with E-state index in [4.69, 9.17) is 11.6 Å². The molecule has 0 saturated carbocycles. The summed E-state index contributed by atoms with van der Waals surface area (Å²) < 4.78 is 0. The lowest BCUT2D eigenvalue weighted by Gasteiger charge is -1.93. The molecule has 0 bridgehead atoms. The zero-order valence-electron chi connectivity index (χ0n) is 5.73. The zero-order chi connectivity index (χ0) is 9.14. The summed E-state index contributed by atoms with van der Waals surface area (Å²) >= 11 is 8.59. The number of aromatic nitrogens is 2. The van der Waals surface area contributed by atoms with E-state index < -0.39 is 11.2 Å². The Bertz CT molecular complexity index is 420. The lowest BCUT2D eigenvalue weighted by atomic mass is 10.3. The summed E-state index contributed by atoms with van der Waals surface area (Å²) in [5, 5.41) is 0.229. The molecule has 64 valence electrons. The molecule has 4 nitrogen and oxygen atoms in total. The number of nitrogens with one attached hydrogen (secondary N) is 2. The fraction of sp³-hybridized carbons (Fsp3) is 0. The van der Waals surface area contributed by atoms with Gasteiger partial charge in [-0.2, -0.15) is 0 Å². The monoisotopic (exact) mass is 250 g/mol. The van der Waals surface area contributed by atoms with E-state index in [2.05, 4.69) is 20.9 Å². The van der Waals surface area contributed by atoms with Crippen LogP contribution in [0.3, 0.4) is 0 Å². The molecule has 0 atom stereocenters. The van der Waals surface area contributed by atoms with Crippen LogP contribution in [0.1, 0.15) is 5.56 Å². The molecule has 6 heteroatoms. The predicted molar refractivity (Wildman–Crippen MR) is 50.4 cm³/mol. The van der Waals surface area contributed by atoms with E-state index in [0.717, 1.165) is 0 Å². The van der Waals surface area contributed by atoms with Crippen molar-refractivity contribution in [2.24, 2.45) is 0 Å². The molecule has 0 unspecified atom stereocenters. The van der Waals surface area contributed by atoms with Gasteiger partial charge in [-0.25, -0.2) is 4.79 Å². The van der Waals surface area contributed by atoms with Gasteiger partial charge >= 0.3 is 5.69 Å². The summed E-state index contributed by atoms with van der Waals surface area (Å²) in [5.41, 5.74) is -0.851.